The zero-order chi connectivity index (χ0) is 14.2. The maximum absolute atomic E-state index is 10.2. The SMILES string of the molecule is C=CCC/C=C/C(=C)C.CC/C=C\COC(C)=O. The number of carbonyl (C=O) groups excluding carboxylic acids is 1. The lowest BCUT2D eigenvalue weighted by atomic mass is 10.2. The highest BCUT2D eigenvalue weighted by molar-refractivity contribution is 5.65. The van der Waals surface area contributed by atoms with Crippen molar-refractivity contribution in [1.29, 1.82) is 0 Å². The Morgan fingerprint density at radius 2 is 1.83 bits per heavy atom. The highest BCUT2D eigenvalue weighted by atomic mass is 16.5. The monoisotopic (exact) mass is 250 g/mol. The summed E-state index contributed by atoms with van der Waals surface area (Å²) in [6, 6.07) is 0. The molecule has 0 N–H and O–H groups in total. The van der Waals surface area contributed by atoms with E-state index in [4.69, 9.17) is 0 Å². The van der Waals surface area contributed by atoms with E-state index in [0.29, 0.717) is 6.61 Å². The van der Waals surface area contributed by atoms with Gasteiger partial charge in [-0.3, -0.25) is 4.79 Å². The molecule has 0 aliphatic rings. The molecule has 0 bridgehead atoms. The first-order valence-electron chi connectivity index (χ1n) is 6.25. The molecule has 0 aliphatic heterocycles. The Hall–Kier alpha value is -1.57. The minimum absolute atomic E-state index is 0.226. The number of ether oxygens (including phenoxy) is 1. The van der Waals surface area contributed by atoms with Gasteiger partial charge in [-0.15, -0.1) is 6.58 Å². The van der Waals surface area contributed by atoms with E-state index in [1.54, 1.807) is 0 Å². The Morgan fingerprint density at radius 1 is 1.17 bits per heavy atom. The van der Waals surface area contributed by atoms with Gasteiger partial charge in [-0.05, 0) is 26.2 Å². The van der Waals surface area contributed by atoms with Crippen molar-refractivity contribution in [1.82, 2.24) is 0 Å². The lowest BCUT2D eigenvalue weighted by molar-refractivity contribution is -0.139. The van der Waals surface area contributed by atoms with Crippen molar-refractivity contribution >= 4 is 5.97 Å². The largest absolute Gasteiger partial charge is 0.462 e. The van der Waals surface area contributed by atoms with Gasteiger partial charge in [0, 0.05) is 6.92 Å². The van der Waals surface area contributed by atoms with Crippen molar-refractivity contribution in [3.8, 4) is 0 Å². The third kappa shape index (κ3) is 23.9. The van der Waals surface area contributed by atoms with Gasteiger partial charge >= 0.3 is 5.97 Å². The number of allylic oxidation sites excluding steroid dienone is 5. The van der Waals surface area contributed by atoms with Crippen LogP contribution < -0.4 is 0 Å². The molecule has 18 heavy (non-hydrogen) atoms. The molecular formula is C16H26O2. The third-order valence-electron chi connectivity index (χ3n) is 1.73. The van der Waals surface area contributed by atoms with Crippen LogP contribution in [-0.2, 0) is 9.53 Å². The lowest BCUT2D eigenvalue weighted by Gasteiger charge is -1.92. The van der Waals surface area contributed by atoms with Gasteiger partial charge in [-0.1, -0.05) is 49.5 Å². The van der Waals surface area contributed by atoms with E-state index in [0.717, 1.165) is 24.8 Å². The van der Waals surface area contributed by atoms with Gasteiger partial charge in [0.05, 0.1) is 0 Å². The number of esters is 1. The van der Waals surface area contributed by atoms with Crippen molar-refractivity contribution in [3.63, 3.8) is 0 Å². The average molecular weight is 250 g/mol. The van der Waals surface area contributed by atoms with Crippen LogP contribution in [-0.4, -0.2) is 12.6 Å². The summed E-state index contributed by atoms with van der Waals surface area (Å²) in [6.07, 6.45) is 13.0. The fourth-order valence-electron chi connectivity index (χ4n) is 0.899. The van der Waals surface area contributed by atoms with Crippen LogP contribution in [0.1, 0.15) is 40.0 Å². The maximum atomic E-state index is 10.2. The standard InChI is InChI=1S/C9H14.C7H12O2/c1-4-5-6-7-8-9(2)3;1-3-4-5-6-9-7(2)8/h4,7-8H,1-2,5-6H2,3H3;4-5H,3,6H2,1-2H3/b8-7+;5-4-. The Labute approximate surface area is 112 Å². The number of unbranched alkanes of at least 4 members (excludes halogenated alkanes) is 1. The van der Waals surface area contributed by atoms with E-state index in [1.807, 2.05) is 38.2 Å². The molecular weight excluding hydrogens is 224 g/mol. The van der Waals surface area contributed by atoms with Crippen LogP contribution in [0.5, 0.6) is 0 Å². The molecule has 0 spiro atoms. The zero-order valence-electron chi connectivity index (χ0n) is 11.9. The second kappa shape index (κ2) is 15.4. The van der Waals surface area contributed by atoms with Crippen LogP contribution in [0.25, 0.3) is 0 Å². The normalized spacial score (nSPS) is 9.94. The summed E-state index contributed by atoms with van der Waals surface area (Å²) in [4.78, 5) is 10.2. The minimum Gasteiger partial charge on any atom is -0.462 e. The fourth-order valence-corrected chi connectivity index (χ4v) is 0.899. The molecule has 0 fully saturated rings. The number of hydrogen-bond donors (Lipinski definition) is 0. The van der Waals surface area contributed by atoms with Crippen LogP contribution in [0.15, 0.2) is 49.1 Å². The Kier molecular flexibility index (Phi) is 16.1. The predicted octanol–water partition coefficient (Wildman–Crippen LogP) is 4.60. The van der Waals surface area contributed by atoms with E-state index in [2.05, 4.69) is 24.0 Å². The van der Waals surface area contributed by atoms with Gasteiger partial charge in [-0.2, -0.15) is 0 Å². The average Bonchev–Trinajstić information content (AvgIpc) is 2.31. The fraction of sp³-hybridized carbons (Fsp3) is 0.438. The first-order chi connectivity index (χ1) is 8.54. The first kappa shape index (κ1) is 18.8. The quantitative estimate of drug-likeness (QED) is 0.286. The molecule has 0 rings (SSSR count). The van der Waals surface area contributed by atoms with Gasteiger partial charge in [0.15, 0.2) is 0 Å². The van der Waals surface area contributed by atoms with Crippen molar-refractivity contribution in [3.05, 3.63) is 49.1 Å². The molecule has 0 aliphatic carbocycles. The Morgan fingerprint density at radius 3 is 2.28 bits per heavy atom. The van der Waals surface area contributed by atoms with Gasteiger partial charge in [-0.25, -0.2) is 0 Å². The molecule has 0 aromatic rings. The molecule has 0 saturated carbocycles. The topological polar surface area (TPSA) is 26.3 Å². The third-order valence-corrected chi connectivity index (χ3v) is 1.73. The van der Waals surface area contributed by atoms with Gasteiger partial charge in [0.1, 0.15) is 6.61 Å². The lowest BCUT2D eigenvalue weighted by Crippen LogP contribution is -1.96. The van der Waals surface area contributed by atoms with Crippen LogP contribution >= 0.6 is 0 Å². The van der Waals surface area contributed by atoms with E-state index >= 15 is 0 Å². The zero-order valence-corrected chi connectivity index (χ0v) is 11.9. The molecule has 0 atom stereocenters. The van der Waals surface area contributed by atoms with Crippen molar-refractivity contribution in [2.45, 2.75) is 40.0 Å². The molecule has 2 heteroatoms. The molecule has 102 valence electrons. The summed E-state index contributed by atoms with van der Waals surface area (Å²) in [5.74, 6) is -0.226. The maximum Gasteiger partial charge on any atom is 0.302 e. The predicted molar refractivity (Wildman–Crippen MR) is 79.4 cm³/mol. The number of carbonyl (C=O) groups is 1. The molecule has 2 nitrogen and oxygen atoms in total. The van der Waals surface area contributed by atoms with Crippen molar-refractivity contribution in [2.75, 3.05) is 6.61 Å². The number of rotatable bonds is 7. The summed E-state index contributed by atoms with van der Waals surface area (Å²) < 4.78 is 4.62. The summed E-state index contributed by atoms with van der Waals surface area (Å²) >= 11 is 0. The Balaban J connectivity index is 0. The van der Waals surface area contributed by atoms with E-state index in [-0.39, 0.29) is 5.97 Å². The molecule has 0 saturated heterocycles. The second-order valence-electron chi connectivity index (χ2n) is 3.80. The van der Waals surface area contributed by atoms with E-state index < -0.39 is 0 Å². The van der Waals surface area contributed by atoms with E-state index in [9.17, 15) is 4.79 Å². The minimum atomic E-state index is -0.226. The smallest absolute Gasteiger partial charge is 0.302 e. The van der Waals surface area contributed by atoms with Crippen molar-refractivity contribution < 1.29 is 9.53 Å². The van der Waals surface area contributed by atoms with Crippen LogP contribution in [0, 0.1) is 0 Å². The van der Waals surface area contributed by atoms with Gasteiger partial charge < -0.3 is 4.74 Å². The molecule has 0 heterocycles. The molecule has 0 aromatic heterocycles. The summed E-state index contributed by atoms with van der Waals surface area (Å²) in [7, 11) is 0. The molecule has 0 radical (unpaired) electrons. The second-order valence-corrected chi connectivity index (χ2v) is 3.80. The highest BCUT2D eigenvalue weighted by Crippen LogP contribution is 1.94. The molecule has 0 aromatic carbocycles. The van der Waals surface area contributed by atoms with Crippen molar-refractivity contribution in [2.24, 2.45) is 0 Å². The molecule has 0 unspecified atom stereocenters. The summed E-state index contributed by atoms with van der Waals surface area (Å²) in [5.41, 5.74) is 1.11. The summed E-state index contributed by atoms with van der Waals surface area (Å²) in [6.45, 7) is 13.2. The molecule has 0 amide bonds. The van der Waals surface area contributed by atoms with Crippen LogP contribution in [0.3, 0.4) is 0 Å². The van der Waals surface area contributed by atoms with Crippen LogP contribution in [0.4, 0.5) is 0 Å². The van der Waals surface area contributed by atoms with Gasteiger partial charge in [0.2, 0.25) is 0 Å². The van der Waals surface area contributed by atoms with Crippen LogP contribution in [0.2, 0.25) is 0 Å². The van der Waals surface area contributed by atoms with Gasteiger partial charge in [0.25, 0.3) is 0 Å². The Bertz CT molecular complexity index is 285. The van der Waals surface area contributed by atoms with E-state index in [1.165, 1.54) is 6.92 Å². The highest BCUT2D eigenvalue weighted by Gasteiger charge is 1.84. The number of hydrogen-bond acceptors (Lipinski definition) is 2. The summed E-state index contributed by atoms with van der Waals surface area (Å²) in [5, 5.41) is 0. The first-order valence-corrected chi connectivity index (χ1v) is 6.25.